The molecule has 0 spiro atoms. The molecule has 0 amide bonds. The Morgan fingerprint density at radius 3 is 3.00 bits per heavy atom. The molecule has 0 saturated carbocycles. The van der Waals surface area contributed by atoms with Gasteiger partial charge in [-0.25, -0.2) is 0 Å². The molecule has 2 heterocycles. The van der Waals surface area contributed by atoms with Gasteiger partial charge < -0.3 is 14.8 Å². The van der Waals surface area contributed by atoms with Crippen LogP contribution in [0.2, 0.25) is 0 Å². The monoisotopic (exact) mass is 350 g/mol. The van der Waals surface area contributed by atoms with Crippen LogP contribution < -0.4 is 5.32 Å². The van der Waals surface area contributed by atoms with Gasteiger partial charge in [0.05, 0.1) is 5.69 Å². The fraction of sp³-hybridized carbons (Fsp3) is 0.318. The molecule has 0 radical (unpaired) electrons. The Labute approximate surface area is 155 Å². The topological polar surface area (TPSA) is 43.4 Å². The van der Waals surface area contributed by atoms with Gasteiger partial charge in [-0.15, -0.1) is 0 Å². The summed E-state index contributed by atoms with van der Waals surface area (Å²) in [5.74, 6) is 1.74. The highest BCUT2D eigenvalue weighted by Crippen LogP contribution is 2.25. The molecule has 1 aromatic rings. The van der Waals surface area contributed by atoms with Gasteiger partial charge in [0.25, 0.3) is 0 Å². The molecule has 1 aromatic heterocycles. The van der Waals surface area contributed by atoms with Gasteiger partial charge >= 0.3 is 0 Å². The Morgan fingerprint density at radius 1 is 1.31 bits per heavy atom. The number of nitrogens with zero attached hydrogens (tertiary/aromatic N) is 1. The van der Waals surface area contributed by atoms with E-state index < -0.39 is 0 Å². The summed E-state index contributed by atoms with van der Waals surface area (Å²) in [4.78, 5) is 4.46. The number of ether oxygens (including phenoxy) is 2. The predicted octanol–water partition coefficient (Wildman–Crippen LogP) is 4.51. The normalized spacial score (nSPS) is 20.2. The quantitative estimate of drug-likeness (QED) is 0.819. The fourth-order valence-corrected chi connectivity index (χ4v) is 3.04. The van der Waals surface area contributed by atoms with E-state index in [-0.39, 0.29) is 0 Å². The Morgan fingerprint density at radius 2 is 2.23 bits per heavy atom. The zero-order chi connectivity index (χ0) is 18.2. The van der Waals surface area contributed by atoms with E-state index in [1.807, 2.05) is 37.4 Å². The van der Waals surface area contributed by atoms with Crippen molar-refractivity contribution in [3.8, 4) is 0 Å². The average Bonchev–Trinajstić information content (AvgIpc) is 3.03. The third-order valence-corrected chi connectivity index (χ3v) is 4.43. The van der Waals surface area contributed by atoms with Gasteiger partial charge in [-0.1, -0.05) is 31.2 Å². The highest BCUT2D eigenvalue weighted by atomic mass is 16.7. The molecular weight excluding hydrogens is 324 g/mol. The van der Waals surface area contributed by atoms with Crippen molar-refractivity contribution < 1.29 is 9.47 Å². The number of aromatic nitrogens is 1. The molecule has 1 N–H and O–H groups in total. The summed E-state index contributed by atoms with van der Waals surface area (Å²) in [6.45, 7) is 6.02. The second kappa shape index (κ2) is 9.20. The molecule has 136 valence electrons. The summed E-state index contributed by atoms with van der Waals surface area (Å²) in [5.41, 5.74) is 4.65. The number of pyridine rings is 1. The van der Waals surface area contributed by atoms with Crippen molar-refractivity contribution in [2.24, 2.45) is 0 Å². The minimum absolute atomic E-state index is 0.311. The lowest BCUT2D eigenvalue weighted by atomic mass is 10.1. The van der Waals surface area contributed by atoms with Crippen LogP contribution in [0.15, 0.2) is 77.4 Å². The maximum atomic E-state index is 5.65. The van der Waals surface area contributed by atoms with E-state index in [1.165, 1.54) is 11.1 Å². The molecule has 1 saturated heterocycles. The average molecular weight is 350 g/mol. The van der Waals surface area contributed by atoms with Gasteiger partial charge in [-0.3, -0.25) is 4.98 Å². The molecule has 4 heteroatoms. The molecule has 4 nitrogen and oxygen atoms in total. The molecular formula is C22H26N2O2. The number of rotatable bonds is 6. The lowest BCUT2D eigenvalue weighted by Gasteiger charge is -2.11. The van der Waals surface area contributed by atoms with E-state index in [0.29, 0.717) is 6.79 Å². The first-order valence-corrected chi connectivity index (χ1v) is 9.15. The lowest BCUT2D eigenvalue weighted by Crippen LogP contribution is -2.20. The van der Waals surface area contributed by atoms with Crippen molar-refractivity contribution >= 4 is 5.57 Å². The van der Waals surface area contributed by atoms with E-state index in [9.17, 15) is 0 Å². The Kier molecular flexibility index (Phi) is 6.45. The van der Waals surface area contributed by atoms with Crippen molar-refractivity contribution in [1.29, 1.82) is 0 Å². The zero-order valence-corrected chi connectivity index (χ0v) is 15.5. The van der Waals surface area contributed by atoms with Crippen molar-refractivity contribution in [3.63, 3.8) is 0 Å². The summed E-state index contributed by atoms with van der Waals surface area (Å²) in [6, 6.07) is 6.00. The van der Waals surface area contributed by atoms with Crippen molar-refractivity contribution in [1.82, 2.24) is 10.3 Å². The van der Waals surface area contributed by atoms with E-state index in [2.05, 4.69) is 41.5 Å². The number of nitrogens with one attached hydrogen (secondary N) is 1. The molecule has 3 rings (SSSR count). The molecule has 0 aromatic carbocycles. The number of hydrogen-bond donors (Lipinski definition) is 1. The van der Waals surface area contributed by atoms with Crippen LogP contribution >= 0.6 is 0 Å². The molecule has 2 aliphatic rings. The van der Waals surface area contributed by atoms with Crippen LogP contribution in [-0.4, -0.2) is 24.9 Å². The lowest BCUT2D eigenvalue weighted by molar-refractivity contribution is 0.0966. The Balaban J connectivity index is 1.65. The van der Waals surface area contributed by atoms with E-state index in [4.69, 9.17) is 9.47 Å². The first-order valence-electron chi connectivity index (χ1n) is 9.15. The summed E-state index contributed by atoms with van der Waals surface area (Å²) in [5, 5.41) is 3.55. The van der Waals surface area contributed by atoms with Crippen molar-refractivity contribution in [2.45, 2.75) is 26.7 Å². The molecule has 1 aliphatic heterocycles. The minimum Gasteiger partial charge on any atom is -0.454 e. The van der Waals surface area contributed by atoms with Crippen LogP contribution in [0.1, 0.15) is 32.4 Å². The molecule has 0 bridgehead atoms. The maximum Gasteiger partial charge on any atom is 0.231 e. The van der Waals surface area contributed by atoms with Crippen molar-refractivity contribution in [2.75, 3.05) is 19.9 Å². The highest BCUT2D eigenvalue weighted by Gasteiger charge is 2.19. The second-order valence-corrected chi connectivity index (χ2v) is 6.18. The summed E-state index contributed by atoms with van der Waals surface area (Å²) >= 11 is 0. The van der Waals surface area contributed by atoms with Gasteiger partial charge in [-0.2, -0.15) is 0 Å². The Bertz CT molecular complexity index is 771. The van der Waals surface area contributed by atoms with Crippen molar-refractivity contribution in [3.05, 3.63) is 83.1 Å². The van der Waals surface area contributed by atoms with Gasteiger partial charge in [0, 0.05) is 24.9 Å². The van der Waals surface area contributed by atoms with Gasteiger partial charge in [0.1, 0.15) is 0 Å². The zero-order valence-electron chi connectivity index (χ0n) is 15.5. The second-order valence-electron chi connectivity index (χ2n) is 6.18. The highest BCUT2D eigenvalue weighted by molar-refractivity contribution is 5.74. The van der Waals surface area contributed by atoms with Crippen LogP contribution in [0, 0.1) is 0 Å². The van der Waals surface area contributed by atoms with Crippen LogP contribution in [0.25, 0.3) is 5.57 Å². The van der Waals surface area contributed by atoms with Gasteiger partial charge in [-0.05, 0) is 55.2 Å². The first-order chi connectivity index (χ1) is 12.8. The first kappa shape index (κ1) is 18.2. The SMILES string of the molecule is C/C=C1/OCO/C1=C(/CC)CNCC1=CCC=CC(c2ccccn2)=C1. The van der Waals surface area contributed by atoms with Crippen LogP contribution in [0.4, 0.5) is 0 Å². The van der Waals surface area contributed by atoms with Crippen LogP contribution in [-0.2, 0) is 9.47 Å². The third-order valence-electron chi connectivity index (χ3n) is 4.43. The summed E-state index contributed by atoms with van der Waals surface area (Å²) < 4.78 is 11.1. The van der Waals surface area contributed by atoms with Gasteiger partial charge in [0.2, 0.25) is 6.79 Å². The molecule has 1 aliphatic carbocycles. The maximum absolute atomic E-state index is 5.65. The molecule has 0 unspecified atom stereocenters. The smallest absolute Gasteiger partial charge is 0.231 e. The fourth-order valence-electron chi connectivity index (χ4n) is 3.04. The van der Waals surface area contributed by atoms with E-state index >= 15 is 0 Å². The van der Waals surface area contributed by atoms with Crippen LogP contribution in [0.3, 0.4) is 0 Å². The molecule has 1 fully saturated rings. The largest absolute Gasteiger partial charge is 0.454 e. The van der Waals surface area contributed by atoms with Crippen LogP contribution in [0.5, 0.6) is 0 Å². The standard InChI is InChI=1S/C22H26N2O2/c1-3-18(22-21(4-2)25-16-26-22)15-23-14-17-9-5-6-10-19(13-17)20-11-7-8-12-24-20/h4,6-13,23H,3,5,14-16H2,1-2H3/b21-4+,22-18-. The van der Waals surface area contributed by atoms with E-state index in [0.717, 1.165) is 48.7 Å². The number of allylic oxidation sites excluding steroid dienone is 5. The Hall–Kier alpha value is -2.59. The van der Waals surface area contributed by atoms with E-state index in [1.54, 1.807) is 0 Å². The number of hydrogen-bond acceptors (Lipinski definition) is 4. The minimum atomic E-state index is 0.311. The molecule has 0 atom stereocenters. The molecule has 26 heavy (non-hydrogen) atoms. The summed E-state index contributed by atoms with van der Waals surface area (Å²) in [7, 11) is 0. The predicted molar refractivity (Wildman–Crippen MR) is 105 cm³/mol. The third kappa shape index (κ3) is 4.52. The van der Waals surface area contributed by atoms with Gasteiger partial charge in [0.15, 0.2) is 11.5 Å². The summed E-state index contributed by atoms with van der Waals surface area (Å²) in [6.07, 6.45) is 14.4.